The van der Waals surface area contributed by atoms with Gasteiger partial charge in [-0.3, -0.25) is 5.41 Å². The molecule has 0 bridgehead atoms. The third-order valence-corrected chi connectivity index (χ3v) is 4.87. The highest BCUT2D eigenvalue weighted by Crippen LogP contribution is 2.44. The van der Waals surface area contributed by atoms with Crippen molar-refractivity contribution < 1.29 is 4.74 Å². The lowest BCUT2D eigenvalue weighted by Gasteiger charge is -2.31. The summed E-state index contributed by atoms with van der Waals surface area (Å²) < 4.78 is 5.28. The SMILES string of the molecule is COc1ccc(C2(c3ccccc3)CC(C)N(C)C2=N)cc1. The van der Waals surface area contributed by atoms with Gasteiger partial charge in [-0.2, -0.15) is 0 Å². The number of nitrogens with zero attached hydrogens (tertiary/aromatic N) is 1. The summed E-state index contributed by atoms with van der Waals surface area (Å²) in [4.78, 5) is 2.08. The van der Waals surface area contributed by atoms with E-state index in [9.17, 15) is 0 Å². The molecule has 0 amide bonds. The number of nitrogens with one attached hydrogen (secondary N) is 1. The monoisotopic (exact) mass is 294 g/mol. The van der Waals surface area contributed by atoms with Gasteiger partial charge in [-0.15, -0.1) is 0 Å². The first-order chi connectivity index (χ1) is 10.6. The highest BCUT2D eigenvalue weighted by Gasteiger charge is 2.48. The second kappa shape index (κ2) is 5.48. The quantitative estimate of drug-likeness (QED) is 0.937. The van der Waals surface area contributed by atoms with E-state index in [0.29, 0.717) is 11.9 Å². The summed E-state index contributed by atoms with van der Waals surface area (Å²) in [5.41, 5.74) is 1.96. The van der Waals surface area contributed by atoms with E-state index in [1.54, 1.807) is 7.11 Å². The average molecular weight is 294 g/mol. The maximum atomic E-state index is 8.76. The number of benzene rings is 2. The van der Waals surface area contributed by atoms with Crippen molar-refractivity contribution in [3.63, 3.8) is 0 Å². The smallest absolute Gasteiger partial charge is 0.118 e. The molecule has 1 saturated heterocycles. The van der Waals surface area contributed by atoms with Crippen LogP contribution in [0.2, 0.25) is 0 Å². The molecule has 3 heteroatoms. The normalized spacial score (nSPS) is 24.6. The number of amidine groups is 1. The van der Waals surface area contributed by atoms with Crippen molar-refractivity contribution in [1.82, 2.24) is 4.90 Å². The van der Waals surface area contributed by atoms with Gasteiger partial charge in [0.25, 0.3) is 0 Å². The van der Waals surface area contributed by atoms with Crippen LogP contribution in [0.1, 0.15) is 24.5 Å². The highest BCUT2D eigenvalue weighted by molar-refractivity contribution is 5.96. The van der Waals surface area contributed by atoms with Gasteiger partial charge < -0.3 is 9.64 Å². The van der Waals surface area contributed by atoms with Gasteiger partial charge in [0.15, 0.2) is 0 Å². The number of hydrogen-bond acceptors (Lipinski definition) is 2. The zero-order valence-electron chi connectivity index (χ0n) is 13.3. The van der Waals surface area contributed by atoms with E-state index in [0.717, 1.165) is 17.7 Å². The Hall–Kier alpha value is -2.29. The van der Waals surface area contributed by atoms with Crippen LogP contribution in [-0.4, -0.2) is 30.9 Å². The van der Waals surface area contributed by atoms with Crippen LogP contribution in [0.5, 0.6) is 5.75 Å². The minimum Gasteiger partial charge on any atom is -0.497 e. The van der Waals surface area contributed by atoms with E-state index in [2.05, 4.69) is 48.2 Å². The first-order valence-corrected chi connectivity index (χ1v) is 7.61. The van der Waals surface area contributed by atoms with E-state index in [1.165, 1.54) is 5.56 Å². The molecular weight excluding hydrogens is 272 g/mol. The number of methoxy groups -OCH3 is 1. The molecule has 3 nitrogen and oxygen atoms in total. The number of likely N-dealkylation sites (N-methyl/N-ethyl adjacent to an activating group) is 1. The summed E-state index contributed by atoms with van der Waals surface area (Å²) in [5, 5.41) is 8.76. The molecule has 0 radical (unpaired) electrons. The Morgan fingerprint density at radius 3 is 2.14 bits per heavy atom. The van der Waals surface area contributed by atoms with Crippen LogP contribution in [0.25, 0.3) is 0 Å². The van der Waals surface area contributed by atoms with Crippen LogP contribution in [0.3, 0.4) is 0 Å². The van der Waals surface area contributed by atoms with Gasteiger partial charge in [0.1, 0.15) is 11.6 Å². The average Bonchev–Trinajstić information content (AvgIpc) is 2.81. The fourth-order valence-corrected chi connectivity index (χ4v) is 3.47. The Balaban J connectivity index is 2.17. The van der Waals surface area contributed by atoms with Crippen molar-refractivity contribution in [1.29, 1.82) is 5.41 Å². The van der Waals surface area contributed by atoms with E-state index >= 15 is 0 Å². The van der Waals surface area contributed by atoms with Crippen molar-refractivity contribution in [2.75, 3.05) is 14.2 Å². The van der Waals surface area contributed by atoms with Gasteiger partial charge in [0, 0.05) is 13.1 Å². The molecule has 0 saturated carbocycles. The molecule has 2 aromatic carbocycles. The molecule has 1 aliphatic rings. The number of hydrogen-bond donors (Lipinski definition) is 1. The maximum Gasteiger partial charge on any atom is 0.118 e. The molecule has 2 atom stereocenters. The first-order valence-electron chi connectivity index (χ1n) is 7.61. The van der Waals surface area contributed by atoms with Crippen LogP contribution in [0.4, 0.5) is 0 Å². The molecule has 1 fully saturated rings. The Morgan fingerprint density at radius 2 is 1.64 bits per heavy atom. The summed E-state index contributed by atoms with van der Waals surface area (Å²) in [7, 11) is 3.69. The molecule has 1 N–H and O–H groups in total. The molecule has 3 rings (SSSR count). The molecule has 0 aliphatic carbocycles. The summed E-state index contributed by atoms with van der Waals surface area (Å²) in [6.45, 7) is 2.18. The van der Waals surface area contributed by atoms with Crippen molar-refractivity contribution in [3.8, 4) is 5.75 Å². The van der Waals surface area contributed by atoms with E-state index < -0.39 is 0 Å². The Bertz CT molecular complexity index is 666. The van der Waals surface area contributed by atoms with E-state index in [-0.39, 0.29) is 5.41 Å². The first kappa shape index (κ1) is 14.6. The fourth-order valence-electron chi connectivity index (χ4n) is 3.47. The molecule has 1 heterocycles. The minimum atomic E-state index is -0.373. The van der Waals surface area contributed by atoms with Crippen molar-refractivity contribution in [2.24, 2.45) is 0 Å². The molecular formula is C19H22N2O. The van der Waals surface area contributed by atoms with Crippen LogP contribution in [0.15, 0.2) is 54.6 Å². The number of likely N-dealkylation sites (tertiary alicyclic amines) is 1. The van der Waals surface area contributed by atoms with Crippen molar-refractivity contribution in [2.45, 2.75) is 24.8 Å². The van der Waals surface area contributed by atoms with Crippen LogP contribution in [0, 0.1) is 5.41 Å². The van der Waals surface area contributed by atoms with E-state index in [4.69, 9.17) is 10.1 Å². The Labute approximate surface area is 132 Å². The van der Waals surface area contributed by atoms with Gasteiger partial charge in [-0.1, -0.05) is 42.5 Å². The maximum absolute atomic E-state index is 8.76. The largest absolute Gasteiger partial charge is 0.497 e. The molecule has 114 valence electrons. The summed E-state index contributed by atoms with van der Waals surface area (Å²) in [5.74, 6) is 1.51. The van der Waals surface area contributed by atoms with E-state index in [1.807, 2.05) is 25.2 Å². The van der Waals surface area contributed by atoms with Crippen LogP contribution in [-0.2, 0) is 5.41 Å². The molecule has 2 aromatic rings. The highest BCUT2D eigenvalue weighted by atomic mass is 16.5. The van der Waals surface area contributed by atoms with Crippen LogP contribution < -0.4 is 4.74 Å². The lowest BCUT2D eigenvalue weighted by molar-refractivity contribution is 0.412. The van der Waals surface area contributed by atoms with Crippen molar-refractivity contribution >= 4 is 5.84 Å². The van der Waals surface area contributed by atoms with Gasteiger partial charge in [0.2, 0.25) is 0 Å². The van der Waals surface area contributed by atoms with Gasteiger partial charge >= 0.3 is 0 Å². The lowest BCUT2D eigenvalue weighted by Crippen LogP contribution is -2.37. The Kier molecular flexibility index (Phi) is 3.65. The molecule has 0 aromatic heterocycles. The number of ether oxygens (including phenoxy) is 1. The zero-order valence-corrected chi connectivity index (χ0v) is 13.3. The zero-order chi connectivity index (χ0) is 15.7. The Morgan fingerprint density at radius 1 is 1.05 bits per heavy atom. The topological polar surface area (TPSA) is 36.3 Å². The molecule has 2 unspecified atom stereocenters. The van der Waals surface area contributed by atoms with Gasteiger partial charge in [-0.25, -0.2) is 0 Å². The van der Waals surface area contributed by atoms with Gasteiger partial charge in [-0.05, 0) is 36.6 Å². The predicted molar refractivity (Wildman–Crippen MR) is 89.8 cm³/mol. The standard InChI is InChI=1S/C19H22N2O/c1-14-13-19(18(20)21(14)2,15-7-5-4-6-8-15)16-9-11-17(22-3)12-10-16/h4-12,14,20H,13H2,1-3H3. The summed E-state index contributed by atoms with van der Waals surface area (Å²) in [6, 6.07) is 18.9. The summed E-state index contributed by atoms with van der Waals surface area (Å²) >= 11 is 0. The van der Waals surface area contributed by atoms with Crippen LogP contribution >= 0.6 is 0 Å². The second-order valence-corrected chi connectivity index (χ2v) is 6.01. The van der Waals surface area contributed by atoms with Gasteiger partial charge in [0.05, 0.1) is 12.5 Å². The molecule has 0 spiro atoms. The minimum absolute atomic E-state index is 0.342. The second-order valence-electron chi connectivity index (χ2n) is 6.01. The van der Waals surface area contributed by atoms with Crippen molar-refractivity contribution in [3.05, 3.63) is 65.7 Å². The summed E-state index contributed by atoms with van der Waals surface area (Å²) in [6.07, 6.45) is 0.915. The third kappa shape index (κ3) is 2.08. The third-order valence-electron chi connectivity index (χ3n) is 4.87. The molecule has 22 heavy (non-hydrogen) atoms. The lowest BCUT2D eigenvalue weighted by atomic mass is 9.72. The fraction of sp³-hybridized carbons (Fsp3) is 0.316. The predicted octanol–water partition coefficient (Wildman–Crippen LogP) is 3.68. The molecule has 1 aliphatic heterocycles. The number of rotatable bonds is 3.